The molecule has 1 aliphatic rings. The molecule has 174 valence electrons. The van der Waals surface area contributed by atoms with Crippen LogP contribution >= 0.6 is 0 Å². The number of nitrogens with two attached hydrogens (primary N) is 1. The summed E-state index contributed by atoms with van der Waals surface area (Å²) in [6.45, 7) is 0.723. The molecule has 0 aliphatic carbocycles. The average Bonchev–Trinajstić information content (AvgIpc) is 3.12. The molecule has 1 aliphatic heterocycles. The smallest absolute Gasteiger partial charge is 0.304 e. The molecular weight excluding hydrogens is 430 g/mol. The van der Waals surface area contributed by atoms with E-state index in [1.807, 2.05) is 78.9 Å². The van der Waals surface area contributed by atoms with E-state index in [9.17, 15) is 14.7 Å². The topological polar surface area (TPSA) is 117 Å². The van der Waals surface area contributed by atoms with Crippen LogP contribution in [0.4, 0.5) is 0 Å². The molecule has 0 aromatic heterocycles. The number of carboxylic acids is 1. The van der Waals surface area contributed by atoms with Crippen molar-refractivity contribution in [1.82, 2.24) is 4.90 Å². The predicted molar refractivity (Wildman–Crippen MR) is 130 cm³/mol. The Labute approximate surface area is 198 Å². The summed E-state index contributed by atoms with van der Waals surface area (Å²) < 4.78 is 6.01. The fourth-order valence-corrected chi connectivity index (χ4v) is 4.28. The second-order valence-corrected chi connectivity index (χ2v) is 8.46. The molecule has 7 nitrogen and oxygen atoms in total. The van der Waals surface area contributed by atoms with Crippen LogP contribution in [0.3, 0.4) is 0 Å². The highest BCUT2D eigenvalue weighted by Crippen LogP contribution is 2.30. The van der Waals surface area contributed by atoms with E-state index in [2.05, 4.69) is 0 Å². The van der Waals surface area contributed by atoms with Crippen molar-refractivity contribution in [2.75, 3.05) is 6.61 Å². The van der Waals surface area contributed by atoms with Gasteiger partial charge in [-0.05, 0) is 35.2 Å². The highest BCUT2D eigenvalue weighted by atomic mass is 16.5. The SMILES string of the molecule is N=C(N)c1ccc(-c2ccc(OC[C@@H]3C[C@@H](CC(=O)O)C(=O)N3Cc3ccccc3)cc2)cc1. The first-order valence-electron chi connectivity index (χ1n) is 11.1. The summed E-state index contributed by atoms with van der Waals surface area (Å²) in [7, 11) is 0. The van der Waals surface area contributed by atoms with E-state index in [0.717, 1.165) is 16.7 Å². The quantitative estimate of drug-likeness (QED) is 0.333. The Morgan fingerprint density at radius 1 is 1.00 bits per heavy atom. The zero-order chi connectivity index (χ0) is 24.1. The third kappa shape index (κ3) is 5.43. The van der Waals surface area contributed by atoms with Crippen LogP contribution < -0.4 is 10.5 Å². The Kier molecular flexibility index (Phi) is 6.92. The molecule has 0 saturated carbocycles. The Morgan fingerprint density at radius 3 is 2.21 bits per heavy atom. The number of rotatable bonds is 9. The average molecular weight is 458 g/mol. The molecule has 4 rings (SSSR count). The maximum absolute atomic E-state index is 12.9. The number of ether oxygens (including phenoxy) is 1. The van der Waals surface area contributed by atoms with Crippen molar-refractivity contribution in [1.29, 1.82) is 5.41 Å². The molecule has 7 heteroatoms. The monoisotopic (exact) mass is 457 g/mol. The summed E-state index contributed by atoms with van der Waals surface area (Å²) in [5.41, 5.74) is 9.20. The van der Waals surface area contributed by atoms with E-state index in [4.69, 9.17) is 15.9 Å². The standard InChI is InChI=1S/C27H27N3O4/c28-26(29)21-8-6-19(7-9-21)20-10-12-24(13-11-20)34-17-23-14-22(15-25(31)32)27(33)30(23)16-18-4-2-1-3-5-18/h1-13,22-23H,14-17H2,(H3,28,29)(H,31,32)/t22-,23-/m0/s1. The van der Waals surface area contributed by atoms with Gasteiger partial charge in [0.1, 0.15) is 18.2 Å². The fraction of sp³-hybridized carbons (Fsp3) is 0.222. The van der Waals surface area contributed by atoms with Crippen LogP contribution in [0.25, 0.3) is 11.1 Å². The summed E-state index contributed by atoms with van der Waals surface area (Å²) in [6.07, 6.45) is 0.288. The van der Waals surface area contributed by atoms with Gasteiger partial charge in [0.2, 0.25) is 5.91 Å². The second-order valence-electron chi connectivity index (χ2n) is 8.46. The minimum Gasteiger partial charge on any atom is -0.491 e. The number of nitrogens with one attached hydrogen (secondary N) is 1. The minimum absolute atomic E-state index is 0.0348. The van der Waals surface area contributed by atoms with E-state index in [0.29, 0.717) is 30.9 Å². The summed E-state index contributed by atoms with van der Waals surface area (Å²) in [6, 6.07) is 24.6. The lowest BCUT2D eigenvalue weighted by Gasteiger charge is -2.25. The van der Waals surface area contributed by atoms with Gasteiger partial charge < -0.3 is 20.5 Å². The normalized spacial score (nSPS) is 17.5. The minimum atomic E-state index is -0.966. The van der Waals surface area contributed by atoms with Crippen LogP contribution in [0.2, 0.25) is 0 Å². The van der Waals surface area contributed by atoms with Crippen LogP contribution in [-0.2, 0) is 16.1 Å². The summed E-state index contributed by atoms with van der Waals surface area (Å²) in [4.78, 5) is 25.9. The maximum atomic E-state index is 12.9. The van der Waals surface area contributed by atoms with E-state index in [1.54, 1.807) is 4.90 Å². The molecule has 3 aromatic rings. The van der Waals surface area contributed by atoms with Crippen LogP contribution in [-0.4, -0.2) is 40.4 Å². The predicted octanol–water partition coefficient (Wildman–Crippen LogP) is 3.91. The van der Waals surface area contributed by atoms with Crippen molar-refractivity contribution in [2.24, 2.45) is 11.7 Å². The van der Waals surface area contributed by atoms with E-state index < -0.39 is 11.9 Å². The van der Waals surface area contributed by atoms with E-state index >= 15 is 0 Å². The molecule has 0 bridgehead atoms. The van der Waals surface area contributed by atoms with Gasteiger partial charge >= 0.3 is 5.97 Å². The van der Waals surface area contributed by atoms with Gasteiger partial charge in [-0.25, -0.2) is 0 Å². The number of hydrogen-bond acceptors (Lipinski definition) is 4. The fourth-order valence-electron chi connectivity index (χ4n) is 4.28. The number of amidine groups is 1. The van der Waals surface area contributed by atoms with Crippen molar-refractivity contribution in [3.05, 3.63) is 90.0 Å². The van der Waals surface area contributed by atoms with Crippen LogP contribution in [0.15, 0.2) is 78.9 Å². The van der Waals surface area contributed by atoms with Crippen molar-refractivity contribution in [3.8, 4) is 16.9 Å². The molecule has 4 N–H and O–H groups in total. The van der Waals surface area contributed by atoms with Crippen molar-refractivity contribution in [2.45, 2.75) is 25.4 Å². The highest BCUT2D eigenvalue weighted by Gasteiger charge is 2.40. The Morgan fingerprint density at radius 2 is 1.62 bits per heavy atom. The summed E-state index contributed by atoms with van der Waals surface area (Å²) >= 11 is 0. The first-order chi connectivity index (χ1) is 16.4. The number of likely N-dealkylation sites (tertiary alicyclic amines) is 1. The number of nitrogens with zero attached hydrogens (tertiary/aromatic N) is 1. The Bertz CT molecular complexity index is 1160. The van der Waals surface area contributed by atoms with E-state index in [-0.39, 0.29) is 24.2 Å². The Balaban J connectivity index is 1.43. The molecule has 1 saturated heterocycles. The van der Waals surface area contributed by atoms with E-state index in [1.165, 1.54) is 0 Å². The second kappa shape index (κ2) is 10.2. The van der Waals surface area contributed by atoms with Crippen LogP contribution in [0, 0.1) is 11.3 Å². The van der Waals surface area contributed by atoms with Crippen LogP contribution in [0.5, 0.6) is 5.75 Å². The molecule has 0 spiro atoms. The zero-order valence-corrected chi connectivity index (χ0v) is 18.7. The lowest BCUT2D eigenvalue weighted by Crippen LogP contribution is -2.37. The van der Waals surface area contributed by atoms with Gasteiger partial charge in [0, 0.05) is 12.1 Å². The number of amides is 1. The molecule has 34 heavy (non-hydrogen) atoms. The van der Waals surface area contributed by atoms with Crippen molar-refractivity contribution < 1.29 is 19.4 Å². The summed E-state index contributed by atoms with van der Waals surface area (Å²) in [5.74, 6) is -0.920. The molecule has 2 atom stereocenters. The largest absolute Gasteiger partial charge is 0.491 e. The highest BCUT2D eigenvalue weighted by molar-refractivity contribution is 5.95. The van der Waals surface area contributed by atoms with Gasteiger partial charge in [-0.3, -0.25) is 15.0 Å². The number of carbonyl (C=O) groups excluding carboxylic acids is 1. The molecule has 3 aromatic carbocycles. The van der Waals surface area contributed by atoms with Gasteiger partial charge in [0.25, 0.3) is 0 Å². The third-order valence-corrected chi connectivity index (χ3v) is 6.07. The summed E-state index contributed by atoms with van der Waals surface area (Å²) in [5, 5.41) is 16.7. The number of nitrogen functional groups attached to an aromatic ring is 1. The number of benzene rings is 3. The van der Waals surface area contributed by atoms with Gasteiger partial charge in [-0.1, -0.05) is 66.7 Å². The van der Waals surface area contributed by atoms with Gasteiger partial charge in [-0.2, -0.15) is 0 Å². The van der Waals surface area contributed by atoms with Crippen LogP contribution in [0.1, 0.15) is 24.0 Å². The van der Waals surface area contributed by atoms with Gasteiger partial charge in [0.05, 0.1) is 18.4 Å². The number of aliphatic carboxylic acids is 1. The van der Waals surface area contributed by atoms with Gasteiger partial charge in [0.15, 0.2) is 0 Å². The number of carboxylic acid groups (broad SMARTS) is 1. The molecule has 0 unspecified atom stereocenters. The molecule has 1 amide bonds. The number of hydrogen-bond donors (Lipinski definition) is 3. The Hall–Kier alpha value is -4.13. The molecule has 0 radical (unpaired) electrons. The lowest BCUT2D eigenvalue weighted by molar-refractivity contribution is -0.142. The van der Waals surface area contributed by atoms with Gasteiger partial charge in [-0.15, -0.1) is 0 Å². The van der Waals surface area contributed by atoms with Crippen molar-refractivity contribution >= 4 is 17.7 Å². The first kappa shape index (κ1) is 23.0. The number of carbonyl (C=O) groups is 2. The molecular formula is C27H27N3O4. The first-order valence-corrected chi connectivity index (χ1v) is 11.1. The maximum Gasteiger partial charge on any atom is 0.304 e. The third-order valence-electron chi connectivity index (χ3n) is 6.07. The molecule has 1 fully saturated rings. The zero-order valence-electron chi connectivity index (χ0n) is 18.7. The lowest BCUT2D eigenvalue weighted by atomic mass is 10.0. The van der Waals surface area contributed by atoms with Crippen molar-refractivity contribution in [3.63, 3.8) is 0 Å². The molecule has 1 heterocycles.